The molecule has 30 heavy (non-hydrogen) atoms. The summed E-state index contributed by atoms with van der Waals surface area (Å²) in [6.45, 7) is 3.80. The average molecular weight is 404 g/mol. The third-order valence-corrected chi connectivity index (χ3v) is 5.88. The molecule has 0 unspecified atom stereocenters. The maximum Gasteiger partial charge on any atom is 0.336 e. The van der Waals surface area contributed by atoms with Crippen molar-refractivity contribution in [2.75, 3.05) is 0 Å². The number of esters is 1. The van der Waals surface area contributed by atoms with Gasteiger partial charge in [0.1, 0.15) is 12.2 Å². The number of rotatable bonds is 6. The van der Waals surface area contributed by atoms with Gasteiger partial charge in [0.25, 0.3) is 0 Å². The zero-order chi connectivity index (χ0) is 21.3. The second-order valence-electron chi connectivity index (χ2n) is 7.90. The second kappa shape index (κ2) is 8.27. The molecule has 1 aromatic heterocycles. The molecule has 0 atom stereocenters. The third kappa shape index (κ3) is 4.06. The van der Waals surface area contributed by atoms with E-state index in [4.69, 9.17) is 9.15 Å². The van der Waals surface area contributed by atoms with Crippen LogP contribution in [0.15, 0.2) is 45.6 Å². The van der Waals surface area contributed by atoms with Crippen molar-refractivity contribution in [3.63, 3.8) is 0 Å². The van der Waals surface area contributed by atoms with E-state index in [9.17, 15) is 14.4 Å². The standard InChI is InChI=1S/C25H24O5/c1-15-6-9-21-20(13-24(28)30-25(21)16(15)2)14-29-23(27)11-10-22(26)19-8-7-17-4-3-5-18(17)12-19/h6-9,12-13H,3-5,10-11,14H2,1-2H3. The van der Waals surface area contributed by atoms with Crippen LogP contribution in [0, 0.1) is 13.8 Å². The van der Waals surface area contributed by atoms with Crippen LogP contribution >= 0.6 is 0 Å². The number of fused-ring (bicyclic) bond motifs is 2. The lowest BCUT2D eigenvalue weighted by Crippen LogP contribution is -2.10. The fraction of sp³-hybridized carbons (Fsp3) is 0.320. The Bertz CT molecular complexity index is 1200. The van der Waals surface area contributed by atoms with Crippen molar-refractivity contribution in [2.45, 2.75) is 52.6 Å². The normalized spacial score (nSPS) is 12.7. The Morgan fingerprint density at radius 1 is 1.00 bits per heavy atom. The van der Waals surface area contributed by atoms with Crippen molar-refractivity contribution in [3.8, 4) is 0 Å². The van der Waals surface area contributed by atoms with E-state index in [2.05, 4.69) is 0 Å². The van der Waals surface area contributed by atoms with Gasteiger partial charge in [-0.15, -0.1) is 0 Å². The number of aryl methyl sites for hydroxylation is 4. The van der Waals surface area contributed by atoms with Crippen molar-refractivity contribution < 1.29 is 18.7 Å². The molecular weight excluding hydrogens is 380 g/mol. The molecular formula is C25H24O5. The zero-order valence-corrected chi connectivity index (χ0v) is 17.2. The summed E-state index contributed by atoms with van der Waals surface area (Å²) in [5.74, 6) is -0.520. The van der Waals surface area contributed by atoms with Gasteiger partial charge in [0.15, 0.2) is 5.78 Å². The SMILES string of the molecule is Cc1ccc2c(COC(=O)CCC(=O)c3ccc4c(c3)CCC4)cc(=O)oc2c1C. The Kier molecular flexibility index (Phi) is 5.53. The predicted octanol–water partition coefficient (Wildman–Crippen LogP) is 4.60. The molecule has 0 saturated heterocycles. The molecule has 1 aliphatic rings. The summed E-state index contributed by atoms with van der Waals surface area (Å²) in [5.41, 5.74) is 5.75. The van der Waals surface area contributed by atoms with Gasteiger partial charge in [-0.2, -0.15) is 0 Å². The van der Waals surface area contributed by atoms with Crippen LogP contribution in [-0.4, -0.2) is 11.8 Å². The zero-order valence-electron chi connectivity index (χ0n) is 17.2. The number of benzene rings is 2. The van der Waals surface area contributed by atoms with Gasteiger partial charge < -0.3 is 9.15 Å². The van der Waals surface area contributed by atoms with Crippen LogP contribution in [0.3, 0.4) is 0 Å². The minimum Gasteiger partial charge on any atom is -0.461 e. The van der Waals surface area contributed by atoms with Crippen LogP contribution in [0.1, 0.15) is 57.4 Å². The Hall–Kier alpha value is -3.21. The van der Waals surface area contributed by atoms with Gasteiger partial charge in [0.05, 0.1) is 6.42 Å². The highest BCUT2D eigenvalue weighted by Crippen LogP contribution is 2.25. The van der Waals surface area contributed by atoms with Gasteiger partial charge in [-0.1, -0.05) is 24.3 Å². The molecule has 1 aliphatic carbocycles. The molecule has 1 heterocycles. The largest absolute Gasteiger partial charge is 0.461 e. The summed E-state index contributed by atoms with van der Waals surface area (Å²) >= 11 is 0. The van der Waals surface area contributed by atoms with E-state index in [1.807, 2.05) is 44.2 Å². The number of hydrogen-bond acceptors (Lipinski definition) is 5. The number of carbonyl (C=O) groups is 2. The molecule has 2 aromatic carbocycles. The minimum atomic E-state index is -0.478. The number of Topliss-reactive ketones (excluding diaryl/α,β-unsaturated/α-hetero) is 1. The lowest BCUT2D eigenvalue weighted by molar-refractivity contribution is -0.144. The van der Waals surface area contributed by atoms with E-state index in [-0.39, 0.29) is 25.2 Å². The second-order valence-corrected chi connectivity index (χ2v) is 7.90. The third-order valence-electron chi connectivity index (χ3n) is 5.88. The van der Waals surface area contributed by atoms with E-state index in [0.29, 0.717) is 16.7 Å². The Balaban J connectivity index is 1.39. The molecule has 0 fully saturated rings. The quantitative estimate of drug-likeness (QED) is 0.341. The molecule has 4 rings (SSSR count). The number of hydrogen-bond donors (Lipinski definition) is 0. The van der Waals surface area contributed by atoms with Crippen LogP contribution in [0.4, 0.5) is 0 Å². The van der Waals surface area contributed by atoms with Gasteiger partial charge in [0, 0.05) is 29.0 Å². The van der Waals surface area contributed by atoms with Crippen LogP contribution < -0.4 is 5.63 Å². The van der Waals surface area contributed by atoms with Crippen molar-refractivity contribution in [2.24, 2.45) is 0 Å². The first-order valence-corrected chi connectivity index (χ1v) is 10.3. The number of ketones is 1. The highest BCUT2D eigenvalue weighted by atomic mass is 16.5. The highest BCUT2D eigenvalue weighted by molar-refractivity contribution is 5.97. The van der Waals surface area contributed by atoms with Gasteiger partial charge in [-0.05, 0) is 61.4 Å². The van der Waals surface area contributed by atoms with E-state index in [0.717, 1.165) is 35.8 Å². The van der Waals surface area contributed by atoms with Crippen molar-refractivity contribution in [3.05, 3.63) is 80.2 Å². The maximum absolute atomic E-state index is 12.5. The van der Waals surface area contributed by atoms with Crippen LogP contribution in [0.25, 0.3) is 11.0 Å². The van der Waals surface area contributed by atoms with Crippen LogP contribution in [-0.2, 0) is 29.0 Å². The van der Waals surface area contributed by atoms with Gasteiger partial charge in [-0.3, -0.25) is 9.59 Å². The van der Waals surface area contributed by atoms with Gasteiger partial charge >= 0.3 is 11.6 Å². The van der Waals surface area contributed by atoms with Crippen molar-refractivity contribution in [1.29, 1.82) is 0 Å². The summed E-state index contributed by atoms with van der Waals surface area (Å²) in [6.07, 6.45) is 3.32. The first kappa shape index (κ1) is 20.1. The van der Waals surface area contributed by atoms with Crippen LogP contribution in [0.2, 0.25) is 0 Å². The average Bonchev–Trinajstić information content (AvgIpc) is 3.21. The van der Waals surface area contributed by atoms with E-state index in [1.165, 1.54) is 17.2 Å². The minimum absolute atomic E-state index is 0.00737. The topological polar surface area (TPSA) is 73.6 Å². The van der Waals surface area contributed by atoms with Crippen molar-refractivity contribution >= 4 is 22.7 Å². The maximum atomic E-state index is 12.5. The first-order chi connectivity index (χ1) is 14.4. The Morgan fingerprint density at radius 3 is 2.63 bits per heavy atom. The predicted molar refractivity (Wildman–Crippen MR) is 114 cm³/mol. The van der Waals surface area contributed by atoms with E-state index < -0.39 is 11.6 Å². The lowest BCUT2D eigenvalue weighted by atomic mass is 10.0. The van der Waals surface area contributed by atoms with Gasteiger partial charge in [0.2, 0.25) is 0 Å². The van der Waals surface area contributed by atoms with E-state index in [1.54, 1.807) is 0 Å². The first-order valence-electron chi connectivity index (χ1n) is 10.3. The number of ether oxygens (including phenoxy) is 1. The highest BCUT2D eigenvalue weighted by Gasteiger charge is 2.16. The summed E-state index contributed by atoms with van der Waals surface area (Å²) in [7, 11) is 0. The molecule has 5 nitrogen and oxygen atoms in total. The number of carbonyl (C=O) groups excluding carboxylic acids is 2. The molecule has 0 N–H and O–H groups in total. The molecule has 0 aliphatic heterocycles. The smallest absolute Gasteiger partial charge is 0.336 e. The molecule has 0 radical (unpaired) electrons. The van der Waals surface area contributed by atoms with E-state index >= 15 is 0 Å². The summed E-state index contributed by atoms with van der Waals surface area (Å²) in [4.78, 5) is 36.6. The monoisotopic (exact) mass is 404 g/mol. The van der Waals surface area contributed by atoms with Crippen LogP contribution in [0.5, 0.6) is 0 Å². The molecule has 154 valence electrons. The fourth-order valence-corrected chi connectivity index (χ4v) is 3.98. The Labute approximate surface area is 174 Å². The Morgan fingerprint density at radius 2 is 1.80 bits per heavy atom. The molecule has 0 spiro atoms. The summed E-state index contributed by atoms with van der Waals surface area (Å²) in [6, 6.07) is 11.0. The molecule has 0 saturated carbocycles. The molecule has 5 heteroatoms. The lowest BCUT2D eigenvalue weighted by Gasteiger charge is -2.10. The molecule has 3 aromatic rings. The summed E-state index contributed by atoms with van der Waals surface area (Å²) in [5, 5.41) is 0.750. The fourth-order valence-electron chi connectivity index (χ4n) is 3.98. The van der Waals surface area contributed by atoms with Crippen molar-refractivity contribution in [1.82, 2.24) is 0 Å². The van der Waals surface area contributed by atoms with Gasteiger partial charge in [-0.25, -0.2) is 4.79 Å². The molecule has 0 bridgehead atoms. The molecule has 0 amide bonds. The summed E-state index contributed by atoms with van der Waals surface area (Å²) < 4.78 is 10.7.